The smallest absolute Gasteiger partial charge is 0.123 e. The highest BCUT2D eigenvalue weighted by atomic mass is 35.5. The van der Waals surface area contributed by atoms with Crippen LogP contribution >= 0.6 is 11.6 Å². The number of nitrogens with one attached hydrogen (secondary N) is 1. The zero-order chi connectivity index (χ0) is 15.8. The van der Waals surface area contributed by atoms with E-state index >= 15 is 0 Å². The van der Waals surface area contributed by atoms with Crippen molar-refractivity contribution >= 4 is 11.6 Å². The van der Waals surface area contributed by atoms with Crippen molar-refractivity contribution in [2.45, 2.75) is 13.0 Å². The van der Waals surface area contributed by atoms with Gasteiger partial charge in [0.05, 0.1) is 17.1 Å². The number of halogens is 2. The summed E-state index contributed by atoms with van der Waals surface area (Å²) in [7, 11) is 0. The zero-order valence-electron chi connectivity index (χ0n) is 12.4. The van der Waals surface area contributed by atoms with Gasteiger partial charge in [-0.3, -0.25) is 0 Å². The molecule has 23 heavy (non-hydrogen) atoms. The first kappa shape index (κ1) is 14.4. The zero-order valence-corrected chi connectivity index (χ0v) is 13.1. The Morgan fingerprint density at radius 1 is 1.13 bits per heavy atom. The first-order chi connectivity index (χ1) is 11.2. The molecule has 4 rings (SSSR count). The second-order valence-electron chi connectivity index (χ2n) is 5.60. The van der Waals surface area contributed by atoms with Crippen molar-refractivity contribution in [2.24, 2.45) is 0 Å². The maximum absolute atomic E-state index is 13.2. The minimum Gasteiger partial charge on any atom is -0.312 e. The monoisotopic (exact) mass is 327 g/mol. The van der Waals surface area contributed by atoms with Gasteiger partial charge in [-0.25, -0.2) is 9.07 Å². The molecule has 1 aliphatic rings. The molecule has 1 aromatic heterocycles. The van der Waals surface area contributed by atoms with E-state index in [0.717, 1.165) is 36.5 Å². The van der Waals surface area contributed by atoms with Gasteiger partial charge >= 0.3 is 0 Å². The molecule has 5 heteroatoms. The first-order valence-corrected chi connectivity index (χ1v) is 7.93. The molecule has 0 saturated carbocycles. The van der Waals surface area contributed by atoms with Crippen LogP contribution in [-0.2, 0) is 13.0 Å². The Bertz CT molecular complexity index is 855. The van der Waals surface area contributed by atoms with Crippen molar-refractivity contribution in [2.75, 3.05) is 6.54 Å². The Kier molecular flexibility index (Phi) is 3.63. The average molecular weight is 328 g/mol. The van der Waals surface area contributed by atoms with Gasteiger partial charge in [-0.2, -0.15) is 5.10 Å². The predicted molar refractivity (Wildman–Crippen MR) is 89.4 cm³/mol. The maximum Gasteiger partial charge on any atom is 0.123 e. The fraction of sp³-hybridized carbons (Fsp3) is 0.167. The Balaban J connectivity index is 1.89. The highest BCUT2D eigenvalue weighted by Gasteiger charge is 2.22. The highest BCUT2D eigenvalue weighted by molar-refractivity contribution is 6.30. The number of fused-ring (bicyclic) bond motifs is 1. The summed E-state index contributed by atoms with van der Waals surface area (Å²) in [6.45, 7) is 1.69. The van der Waals surface area contributed by atoms with Crippen LogP contribution in [0.3, 0.4) is 0 Å². The fourth-order valence-corrected chi connectivity index (χ4v) is 3.20. The van der Waals surface area contributed by atoms with E-state index in [0.29, 0.717) is 5.02 Å². The molecule has 0 fully saturated rings. The van der Waals surface area contributed by atoms with Crippen molar-refractivity contribution in [1.29, 1.82) is 0 Å². The molecule has 0 radical (unpaired) electrons. The van der Waals surface area contributed by atoms with Gasteiger partial charge in [0.1, 0.15) is 5.82 Å². The minimum atomic E-state index is -0.244. The third-order valence-corrected chi connectivity index (χ3v) is 4.33. The van der Waals surface area contributed by atoms with Crippen molar-refractivity contribution in [1.82, 2.24) is 15.1 Å². The van der Waals surface area contributed by atoms with Crippen LogP contribution in [0.4, 0.5) is 4.39 Å². The summed E-state index contributed by atoms with van der Waals surface area (Å²) in [6.07, 6.45) is 0.889. The standard InChI is InChI=1S/C18H15ClFN3/c19-13-3-1-2-12(10-13)18-16-11-21-9-8-17(16)23(22-18)15-6-4-14(20)5-7-15/h1-7,10,21H,8-9,11H2. The van der Waals surface area contributed by atoms with Crippen molar-refractivity contribution < 1.29 is 4.39 Å². The molecule has 0 spiro atoms. The average Bonchev–Trinajstić information content (AvgIpc) is 2.95. The third-order valence-electron chi connectivity index (χ3n) is 4.10. The molecule has 3 aromatic rings. The van der Waals surface area contributed by atoms with Crippen molar-refractivity contribution in [3.8, 4) is 16.9 Å². The van der Waals surface area contributed by atoms with Crippen molar-refractivity contribution in [3.05, 3.63) is 70.6 Å². The summed E-state index contributed by atoms with van der Waals surface area (Å²) in [5.74, 6) is -0.244. The summed E-state index contributed by atoms with van der Waals surface area (Å²) in [4.78, 5) is 0. The highest BCUT2D eigenvalue weighted by Crippen LogP contribution is 2.30. The number of hydrogen-bond acceptors (Lipinski definition) is 2. The normalized spacial score (nSPS) is 13.8. The summed E-state index contributed by atoms with van der Waals surface area (Å²) in [5, 5.41) is 8.88. The van der Waals surface area contributed by atoms with E-state index in [9.17, 15) is 4.39 Å². The van der Waals surface area contributed by atoms with Gasteiger partial charge in [-0.05, 0) is 36.4 Å². The molecule has 1 N–H and O–H groups in total. The number of rotatable bonds is 2. The van der Waals surface area contributed by atoms with Gasteiger partial charge in [0.2, 0.25) is 0 Å². The lowest BCUT2D eigenvalue weighted by atomic mass is 10.0. The first-order valence-electron chi connectivity index (χ1n) is 7.56. The lowest BCUT2D eigenvalue weighted by Crippen LogP contribution is -2.24. The van der Waals surface area contributed by atoms with Gasteiger partial charge in [0, 0.05) is 35.7 Å². The largest absolute Gasteiger partial charge is 0.312 e. The molecule has 0 bridgehead atoms. The molecule has 2 aromatic carbocycles. The minimum absolute atomic E-state index is 0.244. The molecule has 3 nitrogen and oxygen atoms in total. The molecule has 116 valence electrons. The third kappa shape index (κ3) is 2.64. The van der Waals surface area contributed by atoms with Crippen LogP contribution in [0.5, 0.6) is 0 Å². The second-order valence-corrected chi connectivity index (χ2v) is 6.04. The second kappa shape index (κ2) is 5.80. The van der Waals surface area contributed by atoms with Crippen LogP contribution in [0.2, 0.25) is 5.02 Å². The van der Waals surface area contributed by atoms with E-state index in [1.165, 1.54) is 23.4 Å². The number of nitrogens with zero attached hydrogens (tertiary/aromatic N) is 2. The molecular formula is C18H15ClFN3. The van der Waals surface area contributed by atoms with Crippen LogP contribution < -0.4 is 5.32 Å². The summed E-state index contributed by atoms with van der Waals surface area (Å²) in [6, 6.07) is 14.2. The van der Waals surface area contributed by atoms with Crippen LogP contribution in [-0.4, -0.2) is 16.3 Å². The van der Waals surface area contributed by atoms with E-state index in [4.69, 9.17) is 16.7 Å². The predicted octanol–water partition coefficient (Wildman–Crippen LogP) is 3.98. The van der Waals surface area contributed by atoms with Crippen LogP contribution in [0.15, 0.2) is 48.5 Å². The van der Waals surface area contributed by atoms with E-state index in [1.807, 2.05) is 28.9 Å². The van der Waals surface area contributed by atoms with Crippen LogP contribution in [0, 0.1) is 5.82 Å². The quantitative estimate of drug-likeness (QED) is 0.771. The molecule has 0 aliphatic carbocycles. The molecule has 1 aliphatic heterocycles. The van der Waals surface area contributed by atoms with E-state index in [2.05, 4.69) is 5.32 Å². The summed E-state index contributed by atoms with van der Waals surface area (Å²) >= 11 is 6.13. The van der Waals surface area contributed by atoms with Gasteiger partial charge in [0.15, 0.2) is 0 Å². The Morgan fingerprint density at radius 2 is 1.96 bits per heavy atom. The summed E-state index contributed by atoms with van der Waals surface area (Å²) in [5.41, 5.74) is 5.16. The van der Waals surface area contributed by atoms with Crippen molar-refractivity contribution in [3.63, 3.8) is 0 Å². The van der Waals surface area contributed by atoms with Gasteiger partial charge in [-0.15, -0.1) is 0 Å². The number of hydrogen-bond donors (Lipinski definition) is 1. The Hall–Kier alpha value is -2.17. The molecule has 0 saturated heterocycles. The molecule has 0 unspecified atom stereocenters. The van der Waals surface area contributed by atoms with Gasteiger partial charge in [0.25, 0.3) is 0 Å². The SMILES string of the molecule is Fc1ccc(-n2nc(-c3cccc(Cl)c3)c3c2CCNC3)cc1. The summed E-state index contributed by atoms with van der Waals surface area (Å²) < 4.78 is 15.1. The fourth-order valence-electron chi connectivity index (χ4n) is 3.01. The topological polar surface area (TPSA) is 29.9 Å². The maximum atomic E-state index is 13.2. The number of aromatic nitrogens is 2. The lowest BCUT2D eigenvalue weighted by molar-refractivity contribution is 0.618. The van der Waals surface area contributed by atoms with E-state index in [-0.39, 0.29) is 5.82 Å². The van der Waals surface area contributed by atoms with Gasteiger partial charge < -0.3 is 5.32 Å². The van der Waals surface area contributed by atoms with E-state index < -0.39 is 0 Å². The van der Waals surface area contributed by atoms with Gasteiger partial charge in [-0.1, -0.05) is 23.7 Å². The Morgan fingerprint density at radius 3 is 2.74 bits per heavy atom. The lowest BCUT2D eigenvalue weighted by Gasteiger charge is -2.15. The Labute approximate surface area is 138 Å². The molecular weight excluding hydrogens is 313 g/mol. The molecule has 0 amide bonds. The van der Waals surface area contributed by atoms with Crippen LogP contribution in [0.1, 0.15) is 11.3 Å². The number of benzene rings is 2. The molecule has 0 atom stereocenters. The van der Waals surface area contributed by atoms with E-state index in [1.54, 1.807) is 12.1 Å². The van der Waals surface area contributed by atoms with Crippen LogP contribution in [0.25, 0.3) is 16.9 Å². The molecule has 2 heterocycles.